The van der Waals surface area contributed by atoms with Crippen molar-refractivity contribution in [1.29, 1.82) is 0 Å². The van der Waals surface area contributed by atoms with Crippen molar-refractivity contribution in [1.82, 2.24) is 37.2 Å². The van der Waals surface area contributed by atoms with Crippen LogP contribution in [0, 0.1) is 5.92 Å². The molecule has 2 aliphatic rings. The van der Waals surface area contributed by atoms with Crippen molar-refractivity contribution in [3.8, 4) is 5.75 Å². The molecule has 1 fully saturated rings. The third-order valence-corrected chi connectivity index (χ3v) is 23.2. The van der Waals surface area contributed by atoms with Crippen LogP contribution in [-0.4, -0.2) is 168 Å². The number of phenols is 1. The molecule has 1 unspecified atom stereocenters. The molecule has 0 saturated carbocycles. The first-order chi connectivity index (χ1) is 46.8. The summed E-state index contributed by atoms with van der Waals surface area (Å²) < 4.78 is 32.4. The summed E-state index contributed by atoms with van der Waals surface area (Å²) in [4.78, 5) is 135. The Morgan fingerprint density at radius 2 is 1.46 bits per heavy atom. The number of unbranched alkanes of at least 4 members (excludes halogenated alkanes) is 3. The molecule has 0 spiro atoms. The quantitative estimate of drug-likeness (QED) is 0.00983. The summed E-state index contributed by atoms with van der Waals surface area (Å²) in [6.45, 7) is 5.00. The Morgan fingerprint density at radius 3 is 2.13 bits per heavy atom. The maximum absolute atomic E-state index is 15.4. The molecular formula is C67H88N12O14S5. The van der Waals surface area contributed by atoms with Crippen LogP contribution in [0.2, 0.25) is 0 Å². The lowest BCUT2D eigenvalue weighted by molar-refractivity contribution is -0.137. The molecule has 0 radical (unpaired) electrons. The second-order valence-corrected chi connectivity index (χ2v) is 32.0. The predicted molar refractivity (Wildman–Crippen MR) is 381 cm³/mol. The molecule has 4 aromatic carbocycles. The Kier molecular flexibility index (Phi) is 32.1. The van der Waals surface area contributed by atoms with Crippen molar-refractivity contribution in [2.75, 3.05) is 36.6 Å². The van der Waals surface area contributed by atoms with Crippen LogP contribution >= 0.6 is 43.2 Å². The number of nitrogens with one attached hydrogen (secondary N) is 7. The van der Waals surface area contributed by atoms with Crippen LogP contribution in [0.15, 0.2) is 125 Å². The van der Waals surface area contributed by atoms with Gasteiger partial charge in [-0.3, -0.25) is 38.4 Å². The molecule has 98 heavy (non-hydrogen) atoms. The molecule has 10 atom stereocenters. The maximum atomic E-state index is 15.4. The molecular weight excluding hydrogens is 1360 g/mol. The normalized spacial score (nSPS) is 20.3. The number of ketones is 1. The first-order valence-electron chi connectivity index (χ1n) is 32.2. The third kappa shape index (κ3) is 25.2. The second kappa shape index (κ2) is 39.7. The number of alkyl carbamates (subject to hydrolysis) is 1. The number of sulfone groups is 1. The number of amides is 8. The fourth-order valence-electron chi connectivity index (χ4n) is 11.1. The van der Waals surface area contributed by atoms with Gasteiger partial charge in [-0.25, -0.2) is 13.2 Å². The number of hydrogen-bond donors (Lipinski definition) is 11. The molecule has 6 rings (SSSR count). The molecule has 13 N–H and O–H groups in total. The van der Waals surface area contributed by atoms with Gasteiger partial charge in [-0.15, -0.1) is 0 Å². The van der Waals surface area contributed by atoms with Gasteiger partial charge < -0.3 is 63.6 Å². The lowest BCUT2D eigenvalue weighted by Crippen LogP contribution is -2.63. The van der Waals surface area contributed by atoms with Crippen molar-refractivity contribution in [3.63, 3.8) is 0 Å². The molecule has 0 bridgehead atoms. The summed E-state index contributed by atoms with van der Waals surface area (Å²) in [7, 11) is 0.407. The summed E-state index contributed by atoms with van der Waals surface area (Å²) >= 11 is 0. The van der Waals surface area contributed by atoms with E-state index in [1.54, 1.807) is 80.8 Å². The number of aromatic hydroxyl groups is 1. The van der Waals surface area contributed by atoms with Gasteiger partial charge in [-0.05, 0) is 143 Å². The van der Waals surface area contributed by atoms with E-state index in [0.29, 0.717) is 55.2 Å². The summed E-state index contributed by atoms with van der Waals surface area (Å²) in [5, 5.41) is 44.0. The minimum atomic E-state index is -4.05. The van der Waals surface area contributed by atoms with Gasteiger partial charge in [0.25, 0.3) is 0 Å². The van der Waals surface area contributed by atoms with E-state index in [-0.39, 0.29) is 67.3 Å². The summed E-state index contributed by atoms with van der Waals surface area (Å²) in [6.07, 6.45) is 1.18. The molecule has 8 amide bonds. The van der Waals surface area contributed by atoms with Gasteiger partial charge in [0.1, 0.15) is 48.1 Å². The number of azide groups is 1. The second-order valence-electron chi connectivity index (χ2n) is 24.4. The number of nitrogens with two attached hydrogens (primary N) is 2. The molecule has 1 saturated heterocycles. The number of primary amides is 1. The molecule has 1 aliphatic heterocycles. The van der Waals surface area contributed by atoms with Crippen molar-refractivity contribution in [3.05, 3.63) is 148 Å². The number of phenolic OH excluding ortho intramolecular Hbond substituents is 1. The standard InChI is InChI=1S/C67H88N12O14S5/c1-41(80)57-65(89)75-55(64(88)78-58(59(69)83)67(2,3)97-94-4)39-96-95-38-54(74-62(86)52(35-42-18-8-5-9-19-42)76-66(90)93-48(21-10-7-17-33-71-79-70)40-98(91,92)49-22-11-6-12-23-49)56(82)37-46(34-43-26-30-47(81)31-27-43)60(84)73-53(36-45-29-28-44-20-13-14-24-50(44)45)63(87)72-51(61(85)77-57)25-15-16-32-68/h5-6,8-9,11-14,18-20,22-24,26-27,29-31,41,46,48,51-55,57-58,80-81H,7,10,15-17,21,25,28,32-40,68H2,1-4H3,(H2,69,83)(H,72,87)(H,73,84)(H,74,86)(H,75,89)(H,76,90)(H,77,85)(H,78,88)/t41-,46-,48?,51+,52-,53-,54+,55+,57+,58-/m1/s1. The minimum Gasteiger partial charge on any atom is -0.508 e. The Morgan fingerprint density at radius 1 is 0.796 bits per heavy atom. The fraction of sp³-hybridized carbons (Fsp3) is 0.478. The molecule has 530 valence electrons. The number of hydrogen-bond acceptors (Lipinski definition) is 20. The van der Waals surface area contributed by atoms with Gasteiger partial charge in [0.15, 0.2) is 15.6 Å². The Balaban J connectivity index is 1.43. The number of aliphatic hydroxyl groups excluding tert-OH is 1. The van der Waals surface area contributed by atoms with Crippen LogP contribution in [0.25, 0.3) is 16.0 Å². The molecule has 1 heterocycles. The van der Waals surface area contributed by atoms with Gasteiger partial charge in [0, 0.05) is 52.9 Å². The van der Waals surface area contributed by atoms with Crippen LogP contribution in [0.3, 0.4) is 0 Å². The number of nitrogens with zero attached hydrogens (tertiary/aromatic N) is 3. The zero-order chi connectivity index (χ0) is 71.4. The molecule has 0 aromatic heterocycles. The van der Waals surface area contributed by atoms with Crippen LogP contribution in [0.5, 0.6) is 5.75 Å². The number of carbonyl (C=O) groups is 9. The Labute approximate surface area is 586 Å². The van der Waals surface area contributed by atoms with Crippen molar-refractivity contribution in [2.24, 2.45) is 22.5 Å². The van der Waals surface area contributed by atoms with Gasteiger partial charge in [-0.1, -0.05) is 146 Å². The van der Waals surface area contributed by atoms with E-state index in [9.17, 15) is 42.6 Å². The molecule has 4 aromatic rings. The fourth-order valence-corrected chi connectivity index (χ4v) is 17.2. The Hall–Kier alpha value is -7.77. The monoisotopic (exact) mass is 1440 g/mol. The average Bonchev–Trinajstić information content (AvgIpc) is 1.56. The topological polar surface area (TPSA) is 422 Å². The van der Waals surface area contributed by atoms with Crippen LogP contribution in [-0.2, 0) is 72.2 Å². The highest BCUT2D eigenvalue weighted by atomic mass is 33.1. The number of ether oxygens (including phenoxy) is 1. The number of carbonyl (C=O) groups excluding carboxylic acids is 9. The average molecular weight is 1450 g/mol. The van der Waals surface area contributed by atoms with E-state index < -0.39 is 140 Å². The van der Waals surface area contributed by atoms with Crippen LogP contribution in [0.1, 0.15) is 101 Å². The maximum Gasteiger partial charge on any atom is 0.408 e. The molecule has 26 nitrogen and oxygen atoms in total. The first kappa shape index (κ1) is 79.2. The van der Waals surface area contributed by atoms with Gasteiger partial charge in [0.2, 0.25) is 41.4 Å². The largest absolute Gasteiger partial charge is 0.508 e. The zero-order valence-corrected chi connectivity index (χ0v) is 59.2. The lowest BCUT2D eigenvalue weighted by Gasteiger charge is -2.33. The lowest BCUT2D eigenvalue weighted by atomic mass is 9.90. The highest BCUT2D eigenvalue weighted by molar-refractivity contribution is 8.77. The van der Waals surface area contributed by atoms with E-state index in [4.69, 9.17) is 21.7 Å². The van der Waals surface area contributed by atoms with Gasteiger partial charge in [-0.2, -0.15) is 0 Å². The molecule has 31 heteroatoms. The Bertz CT molecular complexity index is 3570. The highest BCUT2D eigenvalue weighted by Crippen LogP contribution is 2.37. The van der Waals surface area contributed by atoms with Crippen molar-refractivity contribution in [2.45, 2.75) is 162 Å². The van der Waals surface area contributed by atoms with Crippen LogP contribution in [0.4, 0.5) is 4.79 Å². The van der Waals surface area contributed by atoms with E-state index in [2.05, 4.69) is 47.2 Å². The number of aliphatic hydroxyl groups is 1. The zero-order valence-electron chi connectivity index (χ0n) is 55.1. The van der Waals surface area contributed by atoms with E-state index in [1.807, 2.05) is 30.3 Å². The number of fused-ring (bicyclic) bond motifs is 1. The van der Waals surface area contributed by atoms with E-state index in [1.165, 1.54) is 52.8 Å². The minimum absolute atomic E-state index is 0.0144. The highest BCUT2D eigenvalue weighted by Gasteiger charge is 2.41. The van der Waals surface area contributed by atoms with Gasteiger partial charge in [0.05, 0.1) is 22.8 Å². The SMILES string of the molecule is CSSC(C)(C)[C@H](NC(=O)[C@@H]1CSSC[C@H](NC(=O)[C@@H](Cc2ccccc2)NC(=O)OC(CCCCCN=[N+]=[N-])CS(=O)(=O)c2ccccc2)C(=O)C[C@@H](Cc2ccc(O)cc2)C(=O)N[C@H](CC2=CCc3ccccc32)C(=O)N[C@@H](CCCCN)C(=O)N[C@@H]([C@@H](C)O)C(=O)N1)C(N)=O. The first-order valence-corrected chi connectivity index (χ1v) is 38.9. The van der Waals surface area contributed by atoms with Gasteiger partial charge >= 0.3 is 6.09 Å². The summed E-state index contributed by atoms with van der Waals surface area (Å²) in [6, 6.07) is 19.0. The predicted octanol–water partition coefficient (Wildman–Crippen LogP) is 5.68. The molecule has 1 aliphatic carbocycles. The van der Waals surface area contributed by atoms with Crippen molar-refractivity contribution < 1.29 is 66.5 Å². The summed E-state index contributed by atoms with van der Waals surface area (Å²) in [5.74, 6) is -9.69. The van der Waals surface area contributed by atoms with E-state index >= 15 is 19.2 Å². The smallest absolute Gasteiger partial charge is 0.408 e. The van der Waals surface area contributed by atoms with E-state index in [0.717, 1.165) is 32.7 Å². The number of Topliss-reactive ketones (excluding diaryl/α,β-unsaturated/α-hetero) is 1. The number of benzene rings is 4. The number of allylic oxidation sites excluding steroid dienone is 1. The summed E-state index contributed by atoms with van der Waals surface area (Å²) in [5.41, 5.74) is 24.0. The van der Waals surface area contributed by atoms with Crippen LogP contribution < -0.4 is 48.7 Å². The van der Waals surface area contributed by atoms with Crippen molar-refractivity contribution >= 4 is 112 Å². The number of rotatable bonds is 30. The third-order valence-electron chi connectivity index (χ3n) is 16.3.